The van der Waals surface area contributed by atoms with Crippen LogP contribution < -0.4 is 9.47 Å². The fourth-order valence-electron chi connectivity index (χ4n) is 4.10. The second kappa shape index (κ2) is 9.31. The first-order valence-electron chi connectivity index (χ1n) is 10.8. The number of fused-ring (bicyclic) bond motifs is 2. The zero-order valence-corrected chi connectivity index (χ0v) is 18.7. The molecule has 162 valence electrons. The van der Waals surface area contributed by atoms with E-state index in [1.807, 2.05) is 66.7 Å². The lowest BCUT2D eigenvalue weighted by Gasteiger charge is -2.36. The Morgan fingerprint density at radius 2 is 1.65 bits per heavy atom. The minimum Gasteiger partial charge on any atom is -0.492 e. The third kappa shape index (κ3) is 4.57. The van der Waals surface area contributed by atoms with E-state index >= 15 is 0 Å². The van der Waals surface area contributed by atoms with Crippen LogP contribution >= 0.6 is 11.6 Å². The van der Waals surface area contributed by atoms with Crippen LogP contribution in [0.3, 0.4) is 0 Å². The standard InChI is InChI=1S/C26H28ClNO3/c1-3-28(4-2)15-16-30-21-13-14-23-25(17-21)31-24-8-6-5-7-22(24)26(23,29)18-19-9-11-20(27)12-10-19/h5-14,17,29H,3-4,15-16,18H2,1-2H3. The lowest BCUT2D eigenvalue weighted by molar-refractivity contribution is 0.0698. The molecule has 0 aliphatic carbocycles. The molecule has 0 saturated heterocycles. The SMILES string of the molecule is CCN(CC)CCOc1ccc2c(c1)Oc1ccccc1C2(O)Cc1ccc(Cl)cc1. The maximum atomic E-state index is 11.9. The highest BCUT2D eigenvalue weighted by Crippen LogP contribution is 2.49. The van der Waals surface area contributed by atoms with Gasteiger partial charge in [0, 0.05) is 35.2 Å². The fraction of sp³-hybridized carbons (Fsp3) is 0.308. The Morgan fingerprint density at radius 1 is 0.935 bits per heavy atom. The van der Waals surface area contributed by atoms with Crippen LogP contribution in [-0.4, -0.2) is 36.2 Å². The largest absolute Gasteiger partial charge is 0.492 e. The van der Waals surface area contributed by atoms with Crippen molar-refractivity contribution in [3.63, 3.8) is 0 Å². The van der Waals surface area contributed by atoms with Gasteiger partial charge in [-0.05, 0) is 49.0 Å². The van der Waals surface area contributed by atoms with Gasteiger partial charge in [0.25, 0.3) is 0 Å². The summed E-state index contributed by atoms with van der Waals surface area (Å²) >= 11 is 6.05. The average Bonchev–Trinajstić information content (AvgIpc) is 2.78. The van der Waals surface area contributed by atoms with Crippen molar-refractivity contribution in [3.8, 4) is 17.2 Å². The molecule has 1 unspecified atom stereocenters. The van der Waals surface area contributed by atoms with E-state index in [1.165, 1.54) is 0 Å². The topological polar surface area (TPSA) is 41.9 Å². The normalized spacial score (nSPS) is 17.1. The summed E-state index contributed by atoms with van der Waals surface area (Å²) in [6, 6.07) is 20.9. The minimum atomic E-state index is -1.21. The number of halogens is 1. The summed E-state index contributed by atoms with van der Waals surface area (Å²) in [5.41, 5.74) is 1.27. The lowest BCUT2D eigenvalue weighted by atomic mass is 9.79. The molecule has 31 heavy (non-hydrogen) atoms. The molecule has 0 spiro atoms. The molecule has 4 rings (SSSR count). The minimum absolute atomic E-state index is 0.416. The molecular formula is C26H28ClNO3. The van der Waals surface area contributed by atoms with Gasteiger partial charge in [0.1, 0.15) is 29.5 Å². The van der Waals surface area contributed by atoms with Gasteiger partial charge in [0.05, 0.1) is 0 Å². The first-order chi connectivity index (χ1) is 15.0. The Labute approximate surface area is 189 Å². The summed E-state index contributed by atoms with van der Waals surface area (Å²) < 4.78 is 12.1. The maximum absolute atomic E-state index is 11.9. The van der Waals surface area contributed by atoms with Gasteiger partial charge < -0.3 is 19.5 Å². The molecule has 1 heterocycles. The smallest absolute Gasteiger partial charge is 0.137 e. The van der Waals surface area contributed by atoms with Crippen molar-refractivity contribution in [1.82, 2.24) is 4.90 Å². The first kappa shape index (κ1) is 21.7. The van der Waals surface area contributed by atoms with Crippen molar-refractivity contribution < 1.29 is 14.6 Å². The molecule has 1 N–H and O–H groups in total. The van der Waals surface area contributed by atoms with Crippen molar-refractivity contribution in [2.24, 2.45) is 0 Å². The van der Waals surface area contributed by atoms with Crippen LogP contribution in [0.4, 0.5) is 0 Å². The Balaban J connectivity index is 1.64. The zero-order chi connectivity index (χ0) is 21.8. The summed E-state index contributed by atoms with van der Waals surface area (Å²) in [7, 11) is 0. The van der Waals surface area contributed by atoms with Crippen molar-refractivity contribution in [1.29, 1.82) is 0 Å². The number of para-hydroxylation sites is 1. The number of ether oxygens (including phenoxy) is 2. The third-order valence-corrected chi connectivity index (χ3v) is 6.15. The molecule has 5 heteroatoms. The summed E-state index contributed by atoms with van der Waals surface area (Å²) in [4.78, 5) is 2.32. The summed E-state index contributed by atoms with van der Waals surface area (Å²) in [6.45, 7) is 7.77. The summed E-state index contributed by atoms with van der Waals surface area (Å²) in [5.74, 6) is 2.02. The summed E-state index contributed by atoms with van der Waals surface area (Å²) in [5, 5.41) is 12.6. The molecule has 3 aromatic rings. The third-order valence-electron chi connectivity index (χ3n) is 5.90. The number of hydrogen-bond acceptors (Lipinski definition) is 4. The average molecular weight is 438 g/mol. The van der Waals surface area contributed by atoms with Crippen LogP contribution in [0.25, 0.3) is 0 Å². The number of hydrogen-bond donors (Lipinski definition) is 1. The van der Waals surface area contributed by atoms with Crippen LogP contribution in [0.1, 0.15) is 30.5 Å². The van der Waals surface area contributed by atoms with Crippen molar-refractivity contribution in [3.05, 3.63) is 88.4 Å². The molecule has 1 atom stereocenters. The molecule has 0 saturated carbocycles. The second-order valence-corrected chi connectivity index (χ2v) is 8.23. The highest BCUT2D eigenvalue weighted by molar-refractivity contribution is 6.30. The number of aliphatic hydroxyl groups is 1. The van der Waals surface area contributed by atoms with Gasteiger partial charge in [-0.3, -0.25) is 0 Å². The zero-order valence-electron chi connectivity index (χ0n) is 18.0. The Kier molecular flexibility index (Phi) is 6.51. The van der Waals surface area contributed by atoms with E-state index < -0.39 is 5.60 Å². The van der Waals surface area contributed by atoms with Gasteiger partial charge in [0.15, 0.2) is 0 Å². The molecule has 0 fully saturated rings. The van der Waals surface area contributed by atoms with Crippen LogP contribution in [0, 0.1) is 0 Å². The number of nitrogens with zero attached hydrogens (tertiary/aromatic N) is 1. The van der Waals surface area contributed by atoms with E-state index in [-0.39, 0.29) is 0 Å². The maximum Gasteiger partial charge on any atom is 0.137 e. The number of benzene rings is 3. The molecule has 1 aliphatic heterocycles. The van der Waals surface area contributed by atoms with Gasteiger partial charge in [-0.25, -0.2) is 0 Å². The molecule has 1 aliphatic rings. The van der Waals surface area contributed by atoms with E-state index in [9.17, 15) is 5.11 Å². The first-order valence-corrected chi connectivity index (χ1v) is 11.1. The van der Waals surface area contributed by atoms with Crippen molar-refractivity contribution in [2.75, 3.05) is 26.2 Å². The van der Waals surface area contributed by atoms with E-state index in [4.69, 9.17) is 21.1 Å². The fourth-order valence-corrected chi connectivity index (χ4v) is 4.23. The molecule has 4 nitrogen and oxygen atoms in total. The van der Waals surface area contributed by atoms with Gasteiger partial charge in [-0.15, -0.1) is 0 Å². The number of likely N-dealkylation sites (N-methyl/N-ethyl adjacent to an activating group) is 1. The second-order valence-electron chi connectivity index (χ2n) is 7.80. The van der Waals surface area contributed by atoms with Crippen LogP contribution in [0.15, 0.2) is 66.7 Å². The van der Waals surface area contributed by atoms with Gasteiger partial charge in [0.2, 0.25) is 0 Å². The van der Waals surface area contributed by atoms with Gasteiger partial charge in [-0.2, -0.15) is 0 Å². The Hall–Kier alpha value is -2.53. The van der Waals surface area contributed by atoms with Crippen LogP contribution in [-0.2, 0) is 12.0 Å². The van der Waals surface area contributed by atoms with E-state index in [0.29, 0.717) is 29.5 Å². The van der Waals surface area contributed by atoms with E-state index in [2.05, 4.69) is 18.7 Å². The van der Waals surface area contributed by atoms with E-state index in [1.54, 1.807) is 0 Å². The van der Waals surface area contributed by atoms with E-state index in [0.717, 1.165) is 42.1 Å². The monoisotopic (exact) mass is 437 g/mol. The summed E-state index contributed by atoms with van der Waals surface area (Å²) in [6.07, 6.45) is 0.416. The van der Waals surface area contributed by atoms with Crippen molar-refractivity contribution >= 4 is 11.6 Å². The molecule has 0 bridgehead atoms. The van der Waals surface area contributed by atoms with Crippen molar-refractivity contribution in [2.45, 2.75) is 25.9 Å². The van der Waals surface area contributed by atoms with Crippen LogP contribution in [0.5, 0.6) is 17.2 Å². The Bertz CT molecular complexity index is 1030. The van der Waals surface area contributed by atoms with Crippen LogP contribution in [0.2, 0.25) is 5.02 Å². The Morgan fingerprint density at radius 3 is 2.39 bits per heavy atom. The highest BCUT2D eigenvalue weighted by atomic mass is 35.5. The molecule has 3 aromatic carbocycles. The predicted octanol–water partition coefficient (Wildman–Crippen LogP) is 5.64. The van der Waals surface area contributed by atoms with Gasteiger partial charge >= 0.3 is 0 Å². The molecule has 0 radical (unpaired) electrons. The predicted molar refractivity (Wildman–Crippen MR) is 124 cm³/mol. The molecule has 0 aromatic heterocycles. The lowest BCUT2D eigenvalue weighted by Crippen LogP contribution is -2.33. The quantitative estimate of drug-likeness (QED) is 0.494. The van der Waals surface area contributed by atoms with Gasteiger partial charge in [-0.1, -0.05) is 55.8 Å². The molecule has 0 amide bonds. The molecular weight excluding hydrogens is 410 g/mol. The number of rotatable bonds is 8. The highest BCUT2D eigenvalue weighted by Gasteiger charge is 2.40.